The highest BCUT2D eigenvalue weighted by Gasteiger charge is 2.20. The number of carbonyl (C=O) groups is 1. The van der Waals surface area contributed by atoms with Crippen LogP contribution in [-0.2, 0) is 10.0 Å². The maximum atomic E-state index is 14.5. The highest BCUT2D eigenvalue weighted by atomic mass is 32.2. The molecule has 0 saturated heterocycles. The molecule has 0 unspecified atom stereocenters. The molecule has 3 aromatic carbocycles. The Labute approximate surface area is 161 Å². The van der Waals surface area contributed by atoms with Gasteiger partial charge in [0.2, 0.25) is 10.0 Å². The molecule has 0 bridgehead atoms. The first-order valence-electron chi connectivity index (χ1n) is 8.42. The van der Waals surface area contributed by atoms with Gasteiger partial charge in [-0.05, 0) is 48.4 Å². The largest absolute Gasteiger partial charge is 0.293 e. The lowest BCUT2D eigenvalue weighted by molar-refractivity contribution is 0.0993. The van der Waals surface area contributed by atoms with Crippen molar-refractivity contribution in [2.24, 2.45) is 0 Å². The van der Waals surface area contributed by atoms with E-state index in [1.807, 2.05) is 0 Å². The third-order valence-corrected chi connectivity index (χ3v) is 5.63. The summed E-state index contributed by atoms with van der Waals surface area (Å²) in [5.74, 6) is -2.01. The number of aryl methyl sites for hydroxylation is 1. The number of benzene rings is 3. The maximum Gasteiger partial charge on any atom is 0.240 e. The zero-order valence-corrected chi connectivity index (χ0v) is 15.8. The van der Waals surface area contributed by atoms with Crippen molar-refractivity contribution < 1.29 is 22.0 Å². The molecule has 0 spiro atoms. The summed E-state index contributed by atoms with van der Waals surface area (Å²) in [7, 11) is -3.91. The first-order chi connectivity index (χ1) is 13.3. The number of Topliss-reactive ketones (excluding diaryl/α,β-unsaturated/α-hetero) is 1. The minimum absolute atomic E-state index is 0.000408. The Bertz CT molecular complexity index is 1130. The quantitative estimate of drug-likeness (QED) is 0.633. The van der Waals surface area contributed by atoms with Crippen molar-refractivity contribution in [1.29, 1.82) is 0 Å². The molecular formula is C21H17F2NO3S. The average Bonchev–Trinajstić information content (AvgIpc) is 2.69. The second kappa shape index (κ2) is 8.00. The van der Waals surface area contributed by atoms with E-state index in [0.29, 0.717) is 5.56 Å². The molecule has 0 aromatic heterocycles. The van der Waals surface area contributed by atoms with E-state index in [9.17, 15) is 22.0 Å². The predicted molar refractivity (Wildman–Crippen MR) is 102 cm³/mol. The molecule has 0 aliphatic heterocycles. The Hall–Kier alpha value is -2.90. The van der Waals surface area contributed by atoms with E-state index < -0.39 is 34.0 Å². The van der Waals surface area contributed by atoms with Crippen LogP contribution in [0.5, 0.6) is 0 Å². The molecule has 0 amide bonds. The summed E-state index contributed by atoms with van der Waals surface area (Å²) >= 11 is 0. The normalized spacial score (nSPS) is 11.4. The number of sulfonamides is 1. The van der Waals surface area contributed by atoms with Gasteiger partial charge in [-0.3, -0.25) is 4.79 Å². The number of rotatable bonds is 6. The standard InChI is InChI=1S/C21H17F2NO3S/c1-14-11-15(17-9-5-6-10-19(17)22)12-18(21(14)23)20(25)13-24-28(26,27)16-7-3-2-4-8-16/h2-12,24H,13H2,1H3. The van der Waals surface area contributed by atoms with Crippen LogP contribution < -0.4 is 4.72 Å². The van der Waals surface area contributed by atoms with Gasteiger partial charge < -0.3 is 0 Å². The summed E-state index contributed by atoms with van der Waals surface area (Å²) in [5, 5.41) is 0. The first-order valence-corrected chi connectivity index (χ1v) is 9.91. The second-order valence-electron chi connectivity index (χ2n) is 6.20. The Kier molecular flexibility index (Phi) is 5.67. The number of nitrogens with one attached hydrogen (secondary N) is 1. The van der Waals surface area contributed by atoms with Crippen LogP contribution in [0.4, 0.5) is 8.78 Å². The molecule has 0 radical (unpaired) electrons. The van der Waals surface area contributed by atoms with E-state index in [1.54, 1.807) is 24.3 Å². The monoisotopic (exact) mass is 401 g/mol. The van der Waals surface area contributed by atoms with Gasteiger partial charge in [-0.1, -0.05) is 36.4 Å². The van der Waals surface area contributed by atoms with Crippen molar-refractivity contribution >= 4 is 15.8 Å². The van der Waals surface area contributed by atoms with Crippen LogP contribution in [0, 0.1) is 18.6 Å². The van der Waals surface area contributed by atoms with Gasteiger partial charge in [0, 0.05) is 5.56 Å². The predicted octanol–water partition coefficient (Wildman–Crippen LogP) is 4.10. The molecule has 0 atom stereocenters. The van der Waals surface area contributed by atoms with Gasteiger partial charge in [0.15, 0.2) is 5.78 Å². The van der Waals surface area contributed by atoms with Gasteiger partial charge in [0.25, 0.3) is 0 Å². The number of carbonyl (C=O) groups excluding carboxylic acids is 1. The number of halogens is 2. The van der Waals surface area contributed by atoms with Crippen molar-refractivity contribution in [3.63, 3.8) is 0 Å². The van der Waals surface area contributed by atoms with Crippen LogP contribution in [0.15, 0.2) is 71.6 Å². The second-order valence-corrected chi connectivity index (χ2v) is 7.96. The van der Waals surface area contributed by atoms with E-state index in [4.69, 9.17) is 0 Å². The highest BCUT2D eigenvalue weighted by molar-refractivity contribution is 7.89. The number of ketones is 1. The molecule has 4 nitrogen and oxygen atoms in total. The van der Waals surface area contributed by atoms with Crippen molar-refractivity contribution in [2.75, 3.05) is 6.54 Å². The maximum absolute atomic E-state index is 14.5. The Morgan fingerprint density at radius 1 is 0.964 bits per heavy atom. The van der Waals surface area contributed by atoms with Crippen molar-refractivity contribution in [3.8, 4) is 11.1 Å². The minimum atomic E-state index is -3.91. The molecule has 28 heavy (non-hydrogen) atoms. The molecule has 0 fully saturated rings. The Balaban J connectivity index is 1.89. The highest BCUT2D eigenvalue weighted by Crippen LogP contribution is 2.27. The SMILES string of the molecule is Cc1cc(-c2ccccc2F)cc(C(=O)CNS(=O)(=O)c2ccccc2)c1F. The number of hydrogen-bond acceptors (Lipinski definition) is 3. The molecule has 1 N–H and O–H groups in total. The zero-order valence-electron chi connectivity index (χ0n) is 14.9. The summed E-state index contributed by atoms with van der Waals surface area (Å²) in [6.07, 6.45) is 0. The van der Waals surface area contributed by atoms with Gasteiger partial charge in [-0.15, -0.1) is 0 Å². The summed E-state index contributed by atoms with van der Waals surface area (Å²) in [4.78, 5) is 12.5. The molecule has 0 heterocycles. The lowest BCUT2D eigenvalue weighted by Gasteiger charge is -2.11. The van der Waals surface area contributed by atoms with Gasteiger partial charge in [-0.25, -0.2) is 21.9 Å². The van der Waals surface area contributed by atoms with E-state index in [1.165, 1.54) is 49.4 Å². The van der Waals surface area contributed by atoms with E-state index >= 15 is 0 Å². The zero-order chi connectivity index (χ0) is 20.3. The molecule has 0 aliphatic rings. The number of hydrogen-bond donors (Lipinski definition) is 1. The molecule has 144 valence electrons. The molecule has 7 heteroatoms. The van der Waals surface area contributed by atoms with Crippen LogP contribution in [0.2, 0.25) is 0 Å². The summed E-state index contributed by atoms with van der Waals surface area (Å²) in [5.41, 5.74) is 0.430. The first kappa shape index (κ1) is 19.9. The van der Waals surface area contributed by atoms with E-state index in [2.05, 4.69) is 4.72 Å². The van der Waals surface area contributed by atoms with Crippen LogP contribution in [0.1, 0.15) is 15.9 Å². The fourth-order valence-corrected chi connectivity index (χ4v) is 3.77. The van der Waals surface area contributed by atoms with Gasteiger partial charge in [0.05, 0.1) is 17.0 Å². The Morgan fingerprint density at radius 2 is 1.61 bits per heavy atom. The van der Waals surface area contributed by atoms with E-state index in [0.717, 1.165) is 0 Å². The summed E-state index contributed by atoms with van der Waals surface area (Å²) in [6.45, 7) is 0.846. The van der Waals surface area contributed by atoms with Crippen LogP contribution in [0.3, 0.4) is 0 Å². The Morgan fingerprint density at radius 3 is 2.29 bits per heavy atom. The van der Waals surface area contributed by atoms with Crippen molar-refractivity contribution in [2.45, 2.75) is 11.8 Å². The lowest BCUT2D eigenvalue weighted by Crippen LogP contribution is -2.30. The molecule has 0 aliphatic carbocycles. The third kappa shape index (κ3) is 4.16. The summed E-state index contributed by atoms with van der Waals surface area (Å²) in [6, 6.07) is 16.2. The van der Waals surface area contributed by atoms with Gasteiger partial charge in [0.1, 0.15) is 11.6 Å². The fourth-order valence-electron chi connectivity index (χ4n) is 2.76. The van der Waals surface area contributed by atoms with Gasteiger partial charge in [-0.2, -0.15) is 0 Å². The summed E-state index contributed by atoms with van der Waals surface area (Å²) < 4.78 is 55.2. The molecule has 0 saturated carbocycles. The minimum Gasteiger partial charge on any atom is -0.293 e. The van der Waals surface area contributed by atoms with E-state index in [-0.39, 0.29) is 21.6 Å². The van der Waals surface area contributed by atoms with Crippen LogP contribution in [-0.4, -0.2) is 20.7 Å². The van der Waals surface area contributed by atoms with Crippen LogP contribution in [0.25, 0.3) is 11.1 Å². The molecular weight excluding hydrogens is 384 g/mol. The average molecular weight is 401 g/mol. The van der Waals surface area contributed by atoms with Crippen molar-refractivity contribution in [1.82, 2.24) is 4.72 Å². The third-order valence-electron chi connectivity index (χ3n) is 4.22. The molecule has 3 aromatic rings. The van der Waals surface area contributed by atoms with Crippen LogP contribution >= 0.6 is 0 Å². The molecule has 3 rings (SSSR count). The smallest absolute Gasteiger partial charge is 0.240 e. The fraction of sp³-hybridized carbons (Fsp3) is 0.0952. The van der Waals surface area contributed by atoms with Crippen molar-refractivity contribution in [3.05, 3.63) is 89.5 Å². The van der Waals surface area contributed by atoms with Gasteiger partial charge >= 0.3 is 0 Å². The lowest BCUT2D eigenvalue weighted by atomic mass is 9.97. The topological polar surface area (TPSA) is 63.2 Å².